The minimum absolute atomic E-state index is 0.0721. The van der Waals surface area contributed by atoms with Crippen molar-refractivity contribution in [1.29, 1.82) is 0 Å². The number of hydrogen-bond donors (Lipinski definition) is 1. The highest BCUT2D eigenvalue weighted by Gasteiger charge is 2.22. The fraction of sp³-hybridized carbons (Fsp3) is 0.0909. The lowest BCUT2D eigenvalue weighted by molar-refractivity contribution is 0.0978. The average Bonchev–Trinajstić information content (AvgIpc) is 3.12. The summed E-state index contributed by atoms with van der Waals surface area (Å²) < 4.78 is 60.0. The number of sulfonamides is 1. The number of benzene rings is 3. The summed E-state index contributed by atoms with van der Waals surface area (Å²) >= 11 is 6.34. The summed E-state index contributed by atoms with van der Waals surface area (Å²) in [5.41, 5.74) is 0.892. The number of amides is 1. The van der Waals surface area contributed by atoms with Crippen molar-refractivity contribution < 1.29 is 26.7 Å². The van der Waals surface area contributed by atoms with Gasteiger partial charge in [-0.2, -0.15) is 5.10 Å². The molecule has 1 N–H and O–H groups in total. The molecule has 0 bridgehead atoms. The molecule has 0 fully saturated rings. The van der Waals surface area contributed by atoms with Gasteiger partial charge in [0.05, 0.1) is 35.2 Å². The summed E-state index contributed by atoms with van der Waals surface area (Å²) in [6.45, 7) is 0. The monoisotopic (exact) mass is 491 g/mol. The van der Waals surface area contributed by atoms with Gasteiger partial charge in [0.15, 0.2) is 0 Å². The standard InChI is InChI=1S/C22H16ClF2N3O4S/c1-32-20-6-4-3-5-13(20)21-15-9-12(24)7-8-18(15)28(26-21)19-11-17(25)14(10-16(19)23)22(29)27-33(2,30)31/h3-11H,1-2H3,(H,27,29). The number of ether oxygens (including phenoxy) is 1. The quantitative estimate of drug-likeness (QED) is 0.449. The van der Waals surface area contributed by atoms with Gasteiger partial charge in [-0.05, 0) is 36.4 Å². The van der Waals surface area contributed by atoms with Crippen LogP contribution in [0.3, 0.4) is 0 Å². The third-order valence-corrected chi connectivity index (χ3v) is 5.65. The van der Waals surface area contributed by atoms with E-state index in [4.69, 9.17) is 16.3 Å². The second-order valence-corrected chi connectivity index (χ2v) is 9.26. The molecule has 0 saturated heterocycles. The molecule has 4 rings (SSSR count). The summed E-state index contributed by atoms with van der Waals surface area (Å²) in [5.74, 6) is -2.17. The van der Waals surface area contributed by atoms with Crippen molar-refractivity contribution >= 4 is 38.4 Å². The van der Waals surface area contributed by atoms with E-state index >= 15 is 0 Å². The van der Waals surface area contributed by atoms with E-state index in [1.165, 1.54) is 30.0 Å². The van der Waals surface area contributed by atoms with E-state index in [9.17, 15) is 22.0 Å². The largest absolute Gasteiger partial charge is 0.496 e. The number of carbonyl (C=O) groups excluding carboxylic acids is 1. The minimum atomic E-state index is -3.90. The molecule has 33 heavy (non-hydrogen) atoms. The first kappa shape index (κ1) is 22.7. The Bertz CT molecular complexity index is 1520. The average molecular weight is 492 g/mol. The number of aromatic nitrogens is 2. The summed E-state index contributed by atoms with van der Waals surface area (Å²) in [5, 5.41) is 4.89. The molecule has 0 radical (unpaired) electrons. The van der Waals surface area contributed by atoms with E-state index in [1.807, 2.05) is 0 Å². The fourth-order valence-corrected chi connectivity index (χ4v) is 4.10. The SMILES string of the molecule is COc1ccccc1-c1nn(-c2cc(F)c(C(=O)NS(C)(=O)=O)cc2Cl)c2ccc(F)cc12. The third-order valence-electron chi connectivity index (χ3n) is 4.79. The van der Waals surface area contributed by atoms with Crippen molar-refractivity contribution in [3.05, 3.63) is 76.8 Å². The van der Waals surface area contributed by atoms with Gasteiger partial charge in [0.25, 0.3) is 5.91 Å². The minimum Gasteiger partial charge on any atom is -0.496 e. The zero-order valence-electron chi connectivity index (χ0n) is 17.3. The van der Waals surface area contributed by atoms with Gasteiger partial charge in [-0.3, -0.25) is 4.79 Å². The lowest BCUT2D eigenvalue weighted by Gasteiger charge is -2.10. The summed E-state index contributed by atoms with van der Waals surface area (Å²) in [7, 11) is -2.41. The molecule has 0 atom stereocenters. The van der Waals surface area contributed by atoms with E-state index in [0.717, 1.165) is 18.4 Å². The van der Waals surface area contributed by atoms with Crippen LogP contribution >= 0.6 is 11.6 Å². The summed E-state index contributed by atoms with van der Waals surface area (Å²) in [6.07, 6.45) is 0.771. The Kier molecular flexibility index (Phi) is 5.81. The fourth-order valence-electron chi connectivity index (χ4n) is 3.41. The highest BCUT2D eigenvalue weighted by Crippen LogP contribution is 2.37. The number of para-hydroxylation sites is 1. The van der Waals surface area contributed by atoms with Crippen LogP contribution in [0.25, 0.3) is 27.8 Å². The van der Waals surface area contributed by atoms with Gasteiger partial charge >= 0.3 is 0 Å². The van der Waals surface area contributed by atoms with Crippen molar-refractivity contribution in [2.24, 2.45) is 0 Å². The molecule has 0 aliphatic carbocycles. The van der Waals surface area contributed by atoms with Crippen LogP contribution in [0.5, 0.6) is 5.75 Å². The highest BCUT2D eigenvalue weighted by atomic mass is 35.5. The molecular formula is C22H16ClF2N3O4S. The van der Waals surface area contributed by atoms with Gasteiger partial charge in [0.2, 0.25) is 10.0 Å². The number of fused-ring (bicyclic) bond motifs is 1. The van der Waals surface area contributed by atoms with Crippen molar-refractivity contribution in [3.8, 4) is 22.7 Å². The second kappa shape index (κ2) is 8.45. The van der Waals surface area contributed by atoms with Crippen LogP contribution in [-0.2, 0) is 10.0 Å². The maximum absolute atomic E-state index is 14.8. The van der Waals surface area contributed by atoms with E-state index in [-0.39, 0.29) is 10.7 Å². The second-order valence-electron chi connectivity index (χ2n) is 7.11. The normalized spacial score (nSPS) is 11.5. The van der Waals surface area contributed by atoms with E-state index < -0.39 is 33.1 Å². The Hall–Kier alpha value is -3.50. The van der Waals surface area contributed by atoms with Gasteiger partial charge < -0.3 is 4.74 Å². The lowest BCUT2D eigenvalue weighted by atomic mass is 10.1. The summed E-state index contributed by atoms with van der Waals surface area (Å²) in [6, 6.07) is 13.0. The first-order chi connectivity index (χ1) is 15.6. The molecule has 1 amide bonds. The van der Waals surface area contributed by atoms with Gasteiger partial charge in [-0.15, -0.1) is 0 Å². The Morgan fingerprint density at radius 3 is 2.55 bits per heavy atom. The first-order valence-electron chi connectivity index (χ1n) is 9.42. The van der Waals surface area contributed by atoms with E-state index in [0.29, 0.717) is 27.9 Å². The Labute approximate surface area is 192 Å². The van der Waals surface area contributed by atoms with Crippen LogP contribution in [-0.4, -0.2) is 37.5 Å². The van der Waals surface area contributed by atoms with Gasteiger partial charge in [0, 0.05) is 17.0 Å². The van der Waals surface area contributed by atoms with Crippen LogP contribution in [0.4, 0.5) is 8.78 Å². The summed E-state index contributed by atoms with van der Waals surface area (Å²) in [4.78, 5) is 12.1. The molecule has 11 heteroatoms. The highest BCUT2D eigenvalue weighted by molar-refractivity contribution is 7.89. The van der Waals surface area contributed by atoms with Gasteiger partial charge in [-0.25, -0.2) is 26.6 Å². The van der Waals surface area contributed by atoms with Crippen molar-refractivity contribution in [2.75, 3.05) is 13.4 Å². The Morgan fingerprint density at radius 2 is 1.85 bits per heavy atom. The van der Waals surface area contributed by atoms with Gasteiger partial charge in [0.1, 0.15) is 23.1 Å². The zero-order chi connectivity index (χ0) is 23.9. The number of nitrogens with zero attached hydrogens (tertiary/aromatic N) is 2. The predicted molar refractivity (Wildman–Crippen MR) is 120 cm³/mol. The Balaban J connectivity index is 1.93. The van der Waals surface area contributed by atoms with Crippen LogP contribution in [0, 0.1) is 11.6 Å². The van der Waals surface area contributed by atoms with Crippen LogP contribution < -0.4 is 9.46 Å². The number of methoxy groups -OCH3 is 1. The molecule has 3 aromatic carbocycles. The molecule has 0 aliphatic rings. The van der Waals surface area contributed by atoms with Crippen molar-refractivity contribution in [3.63, 3.8) is 0 Å². The molecule has 0 saturated carbocycles. The third kappa shape index (κ3) is 4.39. The Morgan fingerprint density at radius 1 is 1.12 bits per heavy atom. The van der Waals surface area contributed by atoms with Crippen molar-refractivity contribution in [2.45, 2.75) is 0 Å². The smallest absolute Gasteiger partial charge is 0.267 e. The van der Waals surface area contributed by atoms with Crippen LogP contribution in [0.2, 0.25) is 5.02 Å². The molecule has 0 spiro atoms. The molecule has 0 aliphatic heterocycles. The maximum Gasteiger partial charge on any atom is 0.267 e. The lowest BCUT2D eigenvalue weighted by Crippen LogP contribution is -2.30. The maximum atomic E-state index is 14.8. The van der Waals surface area contributed by atoms with Crippen molar-refractivity contribution in [1.82, 2.24) is 14.5 Å². The molecule has 1 heterocycles. The number of hydrogen-bond acceptors (Lipinski definition) is 5. The molecule has 7 nitrogen and oxygen atoms in total. The number of halogens is 3. The molecule has 1 aromatic heterocycles. The number of nitrogens with one attached hydrogen (secondary N) is 1. The predicted octanol–water partition coefficient (Wildman–Crippen LogP) is 4.32. The van der Waals surface area contributed by atoms with E-state index in [1.54, 1.807) is 29.0 Å². The van der Waals surface area contributed by atoms with E-state index in [2.05, 4.69) is 5.10 Å². The molecular weight excluding hydrogens is 476 g/mol. The topological polar surface area (TPSA) is 90.3 Å². The van der Waals surface area contributed by atoms with Crippen LogP contribution in [0.1, 0.15) is 10.4 Å². The molecule has 4 aromatic rings. The first-order valence-corrected chi connectivity index (χ1v) is 11.7. The van der Waals surface area contributed by atoms with Crippen LogP contribution in [0.15, 0.2) is 54.6 Å². The molecule has 0 unspecified atom stereocenters. The molecule has 170 valence electrons. The number of carbonyl (C=O) groups is 1. The van der Waals surface area contributed by atoms with Gasteiger partial charge in [-0.1, -0.05) is 23.7 Å². The number of rotatable bonds is 5. The zero-order valence-corrected chi connectivity index (χ0v) is 18.8.